The second-order valence-electron chi connectivity index (χ2n) is 4.85. The molecule has 5 nitrogen and oxygen atoms in total. The molecular formula is C17H19NO4S. The van der Waals surface area contributed by atoms with Gasteiger partial charge in [0.05, 0.1) is 12.7 Å². The Bertz CT molecular complexity index is 694. The molecule has 0 fully saturated rings. The third-order valence-electron chi connectivity index (χ3n) is 3.32. The Kier molecular flexibility index (Phi) is 5.76. The Morgan fingerprint density at radius 1 is 1.22 bits per heavy atom. The largest absolute Gasteiger partial charge is 0.484 e. The second-order valence-corrected chi connectivity index (χ2v) is 5.95. The number of nitrogens with one attached hydrogen (secondary N) is 1. The van der Waals surface area contributed by atoms with Gasteiger partial charge in [0.15, 0.2) is 6.61 Å². The molecule has 0 saturated heterocycles. The van der Waals surface area contributed by atoms with E-state index in [0.29, 0.717) is 16.3 Å². The van der Waals surface area contributed by atoms with E-state index in [-0.39, 0.29) is 12.5 Å². The summed E-state index contributed by atoms with van der Waals surface area (Å²) in [6, 6.07) is 9.09. The van der Waals surface area contributed by atoms with Gasteiger partial charge in [0.1, 0.15) is 10.8 Å². The zero-order chi connectivity index (χ0) is 16.8. The molecule has 2 rings (SSSR count). The zero-order valence-electron chi connectivity index (χ0n) is 13.3. The quantitative estimate of drug-likeness (QED) is 0.823. The molecule has 0 saturated carbocycles. The Labute approximate surface area is 139 Å². The number of para-hydroxylation sites is 1. The number of carbonyl (C=O) groups is 2. The van der Waals surface area contributed by atoms with Crippen molar-refractivity contribution in [3.05, 3.63) is 46.3 Å². The van der Waals surface area contributed by atoms with E-state index in [2.05, 4.69) is 5.32 Å². The third kappa shape index (κ3) is 4.10. The first-order valence-electron chi connectivity index (χ1n) is 7.25. The molecule has 0 spiro atoms. The average Bonchev–Trinajstić information content (AvgIpc) is 2.88. The lowest BCUT2D eigenvalue weighted by molar-refractivity contribution is -0.118. The third-order valence-corrected chi connectivity index (χ3v) is 4.67. The second kappa shape index (κ2) is 7.78. The van der Waals surface area contributed by atoms with E-state index < -0.39 is 5.97 Å². The highest BCUT2D eigenvalue weighted by molar-refractivity contribution is 7.17. The maximum atomic E-state index is 12.1. The number of hydrogen-bond donors (Lipinski definition) is 1. The fourth-order valence-electron chi connectivity index (χ4n) is 2.16. The van der Waals surface area contributed by atoms with E-state index >= 15 is 0 Å². The van der Waals surface area contributed by atoms with Crippen LogP contribution in [0.4, 0.5) is 5.00 Å². The van der Waals surface area contributed by atoms with Crippen molar-refractivity contribution in [1.82, 2.24) is 0 Å². The molecule has 1 aromatic heterocycles. The first-order chi connectivity index (χ1) is 11.1. The summed E-state index contributed by atoms with van der Waals surface area (Å²) in [6.07, 6.45) is 0.789. The van der Waals surface area contributed by atoms with Crippen LogP contribution in [0.2, 0.25) is 0 Å². The number of anilines is 1. The highest BCUT2D eigenvalue weighted by Crippen LogP contribution is 2.33. The number of aryl methyl sites for hydroxylation is 1. The first-order valence-corrected chi connectivity index (χ1v) is 8.06. The molecule has 6 heteroatoms. The fraction of sp³-hybridized carbons (Fsp3) is 0.294. The highest BCUT2D eigenvalue weighted by Gasteiger charge is 2.22. The van der Waals surface area contributed by atoms with Gasteiger partial charge in [-0.1, -0.05) is 25.1 Å². The van der Waals surface area contributed by atoms with Crippen LogP contribution in [-0.4, -0.2) is 25.6 Å². The molecule has 0 bridgehead atoms. The molecular weight excluding hydrogens is 314 g/mol. The molecule has 1 aromatic carbocycles. The normalized spacial score (nSPS) is 10.2. The van der Waals surface area contributed by atoms with Gasteiger partial charge in [0.25, 0.3) is 5.91 Å². The van der Waals surface area contributed by atoms with Gasteiger partial charge in [-0.3, -0.25) is 4.79 Å². The summed E-state index contributed by atoms with van der Waals surface area (Å²) >= 11 is 1.39. The van der Waals surface area contributed by atoms with Gasteiger partial charge < -0.3 is 14.8 Å². The van der Waals surface area contributed by atoms with Crippen LogP contribution < -0.4 is 10.1 Å². The molecule has 1 amide bonds. The van der Waals surface area contributed by atoms with Crippen LogP contribution >= 0.6 is 11.3 Å². The van der Waals surface area contributed by atoms with Crippen molar-refractivity contribution in [2.75, 3.05) is 19.0 Å². The van der Waals surface area contributed by atoms with Gasteiger partial charge in [-0.2, -0.15) is 0 Å². The maximum absolute atomic E-state index is 12.1. The smallest absolute Gasteiger partial charge is 0.341 e. The number of thiophene rings is 1. The van der Waals surface area contributed by atoms with Crippen LogP contribution in [0.1, 0.15) is 27.7 Å². The van der Waals surface area contributed by atoms with Gasteiger partial charge in [-0.15, -0.1) is 11.3 Å². The zero-order valence-corrected chi connectivity index (χ0v) is 14.2. The number of esters is 1. The summed E-state index contributed by atoms with van der Waals surface area (Å²) in [6.45, 7) is 3.74. The molecule has 23 heavy (non-hydrogen) atoms. The van der Waals surface area contributed by atoms with Crippen LogP contribution in [-0.2, 0) is 16.0 Å². The Morgan fingerprint density at radius 2 is 1.91 bits per heavy atom. The van der Waals surface area contributed by atoms with Crippen molar-refractivity contribution < 1.29 is 19.1 Å². The molecule has 1 heterocycles. The first kappa shape index (κ1) is 17.0. The van der Waals surface area contributed by atoms with Crippen LogP contribution in [0.15, 0.2) is 30.3 Å². The minimum Gasteiger partial charge on any atom is -0.484 e. The molecule has 1 N–H and O–H groups in total. The molecule has 0 aliphatic rings. The van der Waals surface area contributed by atoms with E-state index in [1.807, 2.05) is 32.0 Å². The van der Waals surface area contributed by atoms with Crippen LogP contribution in [0, 0.1) is 6.92 Å². The SMILES string of the molecule is CCc1sc(NC(=O)COc2ccccc2)c(C(=O)OC)c1C. The lowest BCUT2D eigenvalue weighted by Gasteiger charge is -2.07. The monoisotopic (exact) mass is 333 g/mol. The predicted octanol–water partition coefficient (Wildman–Crippen LogP) is 3.42. The fourth-order valence-corrected chi connectivity index (χ4v) is 3.31. The summed E-state index contributed by atoms with van der Waals surface area (Å²) in [7, 11) is 1.33. The number of rotatable bonds is 6. The summed E-state index contributed by atoms with van der Waals surface area (Å²) in [4.78, 5) is 25.1. The minimum atomic E-state index is -0.447. The van der Waals surface area contributed by atoms with E-state index in [9.17, 15) is 9.59 Å². The lowest BCUT2D eigenvalue weighted by Crippen LogP contribution is -2.21. The highest BCUT2D eigenvalue weighted by atomic mass is 32.1. The van der Waals surface area contributed by atoms with Crippen molar-refractivity contribution in [2.24, 2.45) is 0 Å². The number of hydrogen-bond acceptors (Lipinski definition) is 5. The van der Waals surface area contributed by atoms with Crippen molar-refractivity contribution >= 4 is 28.2 Å². The van der Waals surface area contributed by atoms with Crippen molar-refractivity contribution in [1.29, 1.82) is 0 Å². The summed E-state index contributed by atoms with van der Waals surface area (Å²) < 4.78 is 10.2. The van der Waals surface area contributed by atoms with Gasteiger partial charge in [-0.05, 0) is 31.0 Å². The van der Waals surface area contributed by atoms with Crippen molar-refractivity contribution in [2.45, 2.75) is 20.3 Å². The molecule has 0 radical (unpaired) electrons. The predicted molar refractivity (Wildman–Crippen MR) is 90.3 cm³/mol. The number of methoxy groups -OCH3 is 1. The van der Waals surface area contributed by atoms with Crippen molar-refractivity contribution in [3.63, 3.8) is 0 Å². The van der Waals surface area contributed by atoms with E-state index in [1.165, 1.54) is 18.4 Å². The summed E-state index contributed by atoms with van der Waals surface area (Å²) in [5, 5.41) is 3.25. The molecule has 0 aliphatic heterocycles. The Balaban J connectivity index is 2.09. The summed E-state index contributed by atoms with van der Waals surface area (Å²) in [5.74, 6) is -0.145. The Hall–Kier alpha value is -2.34. The lowest BCUT2D eigenvalue weighted by atomic mass is 10.1. The maximum Gasteiger partial charge on any atom is 0.341 e. The van der Waals surface area contributed by atoms with E-state index in [0.717, 1.165) is 16.9 Å². The molecule has 122 valence electrons. The van der Waals surface area contributed by atoms with Crippen LogP contribution in [0.25, 0.3) is 0 Å². The standard InChI is InChI=1S/C17H19NO4S/c1-4-13-11(2)15(17(20)21-3)16(23-13)18-14(19)10-22-12-8-6-5-7-9-12/h5-9H,4,10H2,1-3H3,(H,18,19). The molecule has 0 atom stereocenters. The average molecular weight is 333 g/mol. The van der Waals surface area contributed by atoms with Gasteiger partial charge in [0, 0.05) is 4.88 Å². The van der Waals surface area contributed by atoms with Gasteiger partial charge in [-0.25, -0.2) is 4.79 Å². The van der Waals surface area contributed by atoms with Crippen LogP contribution in [0.3, 0.4) is 0 Å². The molecule has 0 aliphatic carbocycles. The van der Waals surface area contributed by atoms with Gasteiger partial charge >= 0.3 is 5.97 Å². The number of amides is 1. The number of carbonyl (C=O) groups excluding carboxylic acids is 2. The van der Waals surface area contributed by atoms with Gasteiger partial charge in [0.2, 0.25) is 0 Å². The van der Waals surface area contributed by atoms with E-state index in [4.69, 9.17) is 9.47 Å². The topological polar surface area (TPSA) is 64.6 Å². The molecule has 0 unspecified atom stereocenters. The number of benzene rings is 1. The van der Waals surface area contributed by atoms with Crippen molar-refractivity contribution in [3.8, 4) is 5.75 Å². The minimum absolute atomic E-state index is 0.122. The Morgan fingerprint density at radius 3 is 2.52 bits per heavy atom. The summed E-state index contributed by atoms with van der Waals surface area (Å²) in [5.41, 5.74) is 1.27. The molecule has 2 aromatic rings. The van der Waals surface area contributed by atoms with Crippen LogP contribution in [0.5, 0.6) is 5.75 Å². The number of ether oxygens (including phenoxy) is 2. The van der Waals surface area contributed by atoms with E-state index in [1.54, 1.807) is 12.1 Å².